The fourth-order valence-electron chi connectivity index (χ4n) is 4.54. The van der Waals surface area contributed by atoms with Gasteiger partial charge in [-0.15, -0.1) is 0 Å². The number of methoxy groups -OCH3 is 1. The molecule has 2 aromatic carbocycles. The number of anilines is 2. The highest BCUT2D eigenvalue weighted by molar-refractivity contribution is 5.51. The van der Waals surface area contributed by atoms with E-state index in [0.717, 1.165) is 63.1 Å². The summed E-state index contributed by atoms with van der Waals surface area (Å²) < 4.78 is 22.5. The summed E-state index contributed by atoms with van der Waals surface area (Å²) in [4.78, 5) is 11.4. The predicted molar refractivity (Wildman–Crippen MR) is 156 cm³/mol. The molecule has 0 aliphatic carbocycles. The molecule has 0 unspecified atom stereocenters. The average Bonchev–Trinajstić information content (AvgIpc) is 2.97. The first kappa shape index (κ1) is 28.8. The first-order chi connectivity index (χ1) is 19.1. The van der Waals surface area contributed by atoms with Crippen LogP contribution in [0.25, 0.3) is 0 Å². The fraction of sp³-hybridized carbons (Fsp3) is 0.452. The van der Waals surface area contributed by atoms with Gasteiger partial charge in [0.15, 0.2) is 0 Å². The molecule has 8 heteroatoms. The molecule has 0 saturated carbocycles. The van der Waals surface area contributed by atoms with Gasteiger partial charge in [-0.25, -0.2) is 0 Å². The van der Waals surface area contributed by atoms with Gasteiger partial charge >= 0.3 is 0 Å². The molecule has 1 saturated heterocycles. The van der Waals surface area contributed by atoms with Crippen molar-refractivity contribution in [1.29, 1.82) is 0 Å². The summed E-state index contributed by atoms with van der Waals surface area (Å²) in [6.45, 7) is 8.32. The number of nitrogens with zero attached hydrogens (tertiary/aromatic N) is 4. The first-order valence-electron chi connectivity index (χ1n) is 13.7. The summed E-state index contributed by atoms with van der Waals surface area (Å²) in [7, 11) is 5.84. The Balaban J connectivity index is 1.35. The smallest absolute Gasteiger partial charge is 0.119 e. The summed E-state index contributed by atoms with van der Waals surface area (Å²) in [5, 5.41) is 0. The predicted octanol–water partition coefficient (Wildman–Crippen LogP) is 4.23. The van der Waals surface area contributed by atoms with Gasteiger partial charge in [0, 0.05) is 64.4 Å². The normalized spacial score (nSPS) is 13.8. The number of hydrogen-bond donors (Lipinski definition) is 0. The van der Waals surface area contributed by atoms with Crippen molar-refractivity contribution < 1.29 is 18.9 Å². The molecular formula is C31H42N4O4. The van der Waals surface area contributed by atoms with Gasteiger partial charge in [0.05, 0.1) is 52.4 Å². The summed E-state index contributed by atoms with van der Waals surface area (Å²) in [6.07, 6.45) is 1.86. The Hall–Kier alpha value is -3.17. The van der Waals surface area contributed by atoms with E-state index in [0.29, 0.717) is 26.4 Å². The van der Waals surface area contributed by atoms with Crippen LogP contribution in [0.2, 0.25) is 0 Å². The average molecular weight is 535 g/mol. The monoisotopic (exact) mass is 534 g/mol. The van der Waals surface area contributed by atoms with Gasteiger partial charge in [0.2, 0.25) is 0 Å². The molecule has 3 aromatic rings. The van der Waals surface area contributed by atoms with Crippen LogP contribution in [0.5, 0.6) is 5.75 Å². The lowest BCUT2D eigenvalue weighted by atomic mass is 10.1. The van der Waals surface area contributed by atoms with E-state index in [-0.39, 0.29) is 0 Å². The number of hydrogen-bond acceptors (Lipinski definition) is 8. The van der Waals surface area contributed by atoms with Crippen LogP contribution in [0.1, 0.15) is 16.8 Å². The van der Waals surface area contributed by atoms with Crippen molar-refractivity contribution in [3.63, 3.8) is 0 Å². The van der Waals surface area contributed by atoms with Crippen LogP contribution in [-0.4, -0.2) is 83.8 Å². The number of benzene rings is 2. The van der Waals surface area contributed by atoms with E-state index in [9.17, 15) is 0 Å². The van der Waals surface area contributed by atoms with Crippen LogP contribution in [0.3, 0.4) is 0 Å². The maximum atomic E-state index is 5.89. The Morgan fingerprint density at radius 2 is 1.59 bits per heavy atom. The summed E-state index contributed by atoms with van der Waals surface area (Å²) in [5.41, 5.74) is 5.61. The molecule has 39 heavy (non-hydrogen) atoms. The van der Waals surface area contributed by atoms with E-state index in [4.69, 9.17) is 18.9 Å². The van der Waals surface area contributed by atoms with Gasteiger partial charge in [0.1, 0.15) is 5.75 Å². The quantitative estimate of drug-likeness (QED) is 0.269. The lowest BCUT2D eigenvalue weighted by Crippen LogP contribution is -2.38. The zero-order valence-corrected chi connectivity index (χ0v) is 23.6. The standard InChI is InChI=1S/C31H42N4O4/c1-33(2)29-8-4-6-26(20-29)23-35(24-27-7-5-9-31(21-27)36-3)30-10-11-32-28(22-30)25-39-19-18-38-17-14-34-12-15-37-16-13-34/h4-11,20-22H,12-19,23-25H2,1-3H3. The molecule has 0 spiro atoms. The topological polar surface area (TPSA) is 59.5 Å². The third-order valence-corrected chi connectivity index (χ3v) is 6.75. The van der Waals surface area contributed by atoms with E-state index in [2.05, 4.69) is 82.3 Å². The highest BCUT2D eigenvalue weighted by Gasteiger charge is 2.12. The van der Waals surface area contributed by atoms with E-state index >= 15 is 0 Å². The van der Waals surface area contributed by atoms with E-state index in [1.807, 2.05) is 18.3 Å². The van der Waals surface area contributed by atoms with Gasteiger partial charge in [-0.05, 0) is 47.5 Å². The van der Waals surface area contributed by atoms with E-state index in [1.54, 1.807) is 7.11 Å². The maximum Gasteiger partial charge on any atom is 0.119 e. The number of ether oxygens (including phenoxy) is 4. The minimum Gasteiger partial charge on any atom is -0.497 e. The minimum atomic E-state index is 0.448. The summed E-state index contributed by atoms with van der Waals surface area (Å²) in [6, 6.07) is 21.1. The molecule has 0 radical (unpaired) electrons. The second-order valence-corrected chi connectivity index (χ2v) is 9.90. The van der Waals surface area contributed by atoms with Crippen molar-refractivity contribution in [2.45, 2.75) is 19.7 Å². The second-order valence-electron chi connectivity index (χ2n) is 9.90. The molecule has 0 amide bonds. The molecule has 1 aliphatic rings. The second kappa shape index (κ2) is 15.4. The van der Waals surface area contributed by atoms with Crippen molar-refractivity contribution in [3.05, 3.63) is 83.7 Å². The van der Waals surface area contributed by atoms with E-state index in [1.165, 1.54) is 16.8 Å². The number of pyridine rings is 1. The van der Waals surface area contributed by atoms with Crippen LogP contribution in [0.4, 0.5) is 11.4 Å². The molecule has 0 N–H and O–H groups in total. The molecule has 2 heterocycles. The Morgan fingerprint density at radius 3 is 2.36 bits per heavy atom. The Labute approximate surface area is 233 Å². The first-order valence-corrected chi connectivity index (χ1v) is 13.7. The fourth-order valence-corrected chi connectivity index (χ4v) is 4.54. The van der Waals surface area contributed by atoms with Gasteiger partial charge in [-0.3, -0.25) is 9.88 Å². The van der Waals surface area contributed by atoms with Crippen LogP contribution in [0, 0.1) is 0 Å². The van der Waals surface area contributed by atoms with Crippen molar-refractivity contribution in [3.8, 4) is 5.75 Å². The van der Waals surface area contributed by atoms with Gasteiger partial charge in [-0.2, -0.15) is 0 Å². The number of aromatic nitrogens is 1. The maximum absolute atomic E-state index is 5.89. The van der Waals surface area contributed by atoms with Crippen molar-refractivity contribution in [2.24, 2.45) is 0 Å². The number of rotatable bonds is 15. The Kier molecular flexibility index (Phi) is 11.4. The highest BCUT2D eigenvalue weighted by Crippen LogP contribution is 2.24. The third kappa shape index (κ3) is 9.51. The molecule has 1 fully saturated rings. The Morgan fingerprint density at radius 1 is 0.846 bits per heavy atom. The molecular weight excluding hydrogens is 492 g/mol. The van der Waals surface area contributed by atoms with Crippen LogP contribution in [-0.2, 0) is 33.9 Å². The van der Waals surface area contributed by atoms with Crippen LogP contribution >= 0.6 is 0 Å². The van der Waals surface area contributed by atoms with Crippen LogP contribution < -0.4 is 14.5 Å². The molecule has 4 rings (SSSR count). The van der Waals surface area contributed by atoms with Crippen molar-refractivity contribution in [1.82, 2.24) is 9.88 Å². The van der Waals surface area contributed by atoms with E-state index < -0.39 is 0 Å². The molecule has 210 valence electrons. The molecule has 1 aromatic heterocycles. The Bertz CT molecular complexity index is 1140. The zero-order chi connectivity index (χ0) is 27.3. The summed E-state index contributed by atoms with van der Waals surface area (Å²) in [5.74, 6) is 0.859. The molecule has 1 aliphatic heterocycles. The SMILES string of the molecule is COc1cccc(CN(Cc2cccc(N(C)C)c2)c2ccnc(COCCOCCN3CCOCC3)c2)c1. The van der Waals surface area contributed by atoms with Crippen molar-refractivity contribution in [2.75, 3.05) is 83.7 Å². The molecule has 0 atom stereocenters. The zero-order valence-electron chi connectivity index (χ0n) is 23.6. The van der Waals surface area contributed by atoms with Gasteiger partial charge in [-0.1, -0.05) is 24.3 Å². The minimum absolute atomic E-state index is 0.448. The lowest BCUT2D eigenvalue weighted by Gasteiger charge is -2.26. The van der Waals surface area contributed by atoms with Crippen molar-refractivity contribution >= 4 is 11.4 Å². The van der Waals surface area contributed by atoms with Gasteiger partial charge in [0.25, 0.3) is 0 Å². The highest BCUT2D eigenvalue weighted by atomic mass is 16.5. The summed E-state index contributed by atoms with van der Waals surface area (Å²) >= 11 is 0. The third-order valence-electron chi connectivity index (χ3n) is 6.75. The van der Waals surface area contributed by atoms with Crippen LogP contribution in [0.15, 0.2) is 66.9 Å². The molecule has 0 bridgehead atoms. The largest absolute Gasteiger partial charge is 0.497 e. The lowest BCUT2D eigenvalue weighted by molar-refractivity contribution is 0.00553. The molecule has 8 nitrogen and oxygen atoms in total. The van der Waals surface area contributed by atoms with Gasteiger partial charge < -0.3 is 28.7 Å². The number of morpholine rings is 1.